The molecule has 0 aliphatic carbocycles. The van der Waals surface area contributed by atoms with Gasteiger partial charge in [0, 0.05) is 22.1 Å². The van der Waals surface area contributed by atoms with Crippen LogP contribution in [0.15, 0.2) is 40.6 Å². The Morgan fingerprint density at radius 2 is 2.27 bits per heavy atom. The lowest BCUT2D eigenvalue weighted by molar-refractivity contribution is 0.239. The molecule has 2 aromatic rings. The maximum absolute atomic E-state index is 13.7. The molecule has 0 fully saturated rings. The quantitative estimate of drug-likeness (QED) is 0.700. The number of nitrogens with one attached hydrogen (secondary N) is 2. The first-order valence-corrected chi connectivity index (χ1v) is 8.79. The molecule has 0 bridgehead atoms. The Morgan fingerprint density at radius 3 is 2.86 bits per heavy atom. The van der Waals surface area contributed by atoms with E-state index in [2.05, 4.69) is 10.6 Å². The number of anilines is 1. The smallest absolute Gasteiger partial charge is 0.319 e. The molecule has 2 amide bonds. The molecular weight excluding hydrogens is 323 g/mol. The van der Waals surface area contributed by atoms with Crippen LogP contribution in [0, 0.1) is 5.82 Å². The number of carbonyl (C=O) groups excluding carboxylic acids is 1. The van der Waals surface area contributed by atoms with Crippen LogP contribution in [0.1, 0.15) is 17.3 Å². The van der Waals surface area contributed by atoms with Crippen LogP contribution < -0.4 is 10.6 Å². The van der Waals surface area contributed by atoms with Gasteiger partial charge >= 0.3 is 6.03 Å². The van der Waals surface area contributed by atoms with Crippen LogP contribution in [-0.4, -0.2) is 24.0 Å². The number of hydrogen-bond donors (Lipinski definition) is 3. The normalized spacial score (nSPS) is 12.0. The fourth-order valence-electron chi connectivity index (χ4n) is 1.97. The van der Waals surface area contributed by atoms with Gasteiger partial charge in [0.15, 0.2) is 0 Å². The highest BCUT2D eigenvalue weighted by Crippen LogP contribution is 2.24. The van der Waals surface area contributed by atoms with Crippen molar-refractivity contribution < 1.29 is 14.3 Å². The first-order valence-electron chi connectivity index (χ1n) is 6.69. The summed E-state index contributed by atoms with van der Waals surface area (Å²) < 4.78 is 13.7. The molecule has 0 aliphatic rings. The van der Waals surface area contributed by atoms with Gasteiger partial charge in [0.25, 0.3) is 0 Å². The summed E-state index contributed by atoms with van der Waals surface area (Å²) in [6.45, 7) is -0.0279. The molecule has 3 N–H and O–H groups in total. The molecule has 0 saturated carbocycles. The fraction of sp³-hybridized carbons (Fsp3) is 0.267. The van der Waals surface area contributed by atoms with Gasteiger partial charge in [-0.1, -0.05) is 6.07 Å². The molecule has 1 aromatic heterocycles. The van der Waals surface area contributed by atoms with Crippen LogP contribution in [0.5, 0.6) is 0 Å². The molecule has 1 unspecified atom stereocenters. The van der Waals surface area contributed by atoms with E-state index in [4.69, 9.17) is 5.11 Å². The van der Waals surface area contributed by atoms with E-state index in [-0.39, 0.29) is 18.5 Å². The van der Waals surface area contributed by atoms with Crippen LogP contribution >= 0.6 is 23.1 Å². The Labute approximate surface area is 136 Å². The zero-order chi connectivity index (χ0) is 15.9. The standard InChI is InChI=1S/C15H17FN2O2S2/c1-21-13-5-4-10(9-11(13)16)17-15(20)18-12(6-7-19)14-3-2-8-22-14/h2-5,8-9,12,19H,6-7H2,1H3,(H2,17,18,20). The number of urea groups is 1. The van der Waals surface area contributed by atoms with E-state index in [1.807, 2.05) is 17.5 Å². The van der Waals surface area contributed by atoms with E-state index in [1.54, 1.807) is 18.4 Å². The molecule has 2 rings (SSSR count). The van der Waals surface area contributed by atoms with Gasteiger partial charge in [0.05, 0.1) is 6.04 Å². The zero-order valence-corrected chi connectivity index (χ0v) is 13.6. The number of aliphatic hydroxyl groups excluding tert-OH is 1. The Morgan fingerprint density at radius 1 is 1.45 bits per heavy atom. The molecule has 0 spiro atoms. The molecule has 7 heteroatoms. The summed E-state index contributed by atoms with van der Waals surface area (Å²) in [6, 6.07) is 7.67. The largest absolute Gasteiger partial charge is 0.396 e. The molecule has 0 saturated heterocycles. The molecule has 1 atom stereocenters. The van der Waals surface area contributed by atoms with Crippen molar-refractivity contribution in [1.82, 2.24) is 5.32 Å². The number of hydrogen-bond acceptors (Lipinski definition) is 4. The third-order valence-electron chi connectivity index (χ3n) is 3.02. The van der Waals surface area contributed by atoms with E-state index < -0.39 is 6.03 Å². The highest BCUT2D eigenvalue weighted by Gasteiger charge is 2.15. The summed E-state index contributed by atoms with van der Waals surface area (Å²) in [5.74, 6) is -0.365. The first-order chi connectivity index (χ1) is 10.6. The number of rotatable bonds is 6. The van der Waals surface area contributed by atoms with Crippen LogP contribution in [0.4, 0.5) is 14.9 Å². The fourth-order valence-corrected chi connectivity index (χ4v) is 3.24. The van der Waals surface area contributed by atoms with E-state index in [0.717, 1.165) is 4.88 Å². The monoisotopic (exact) mass is 340 g/mol. The third kappa shape index (κ3) is 4.46. The topological polar surface area (TPSA) is 61.4 Å². The molecule has 1 heterocycles. The van der Waals surface area contributed by atoms with Gasteiger partial charge in [-0.25, -0.2) is 9.18 Å². The SMILES string of the molecule is CSc1ccc(NC(=O)NC(CCO)c2cccs2)cc1F. The van der Waals surface area contributed by atoms with Crippen molar-refractivity contribution in [3.05, 3.63) is 46.4 Å². The number of thiophene rings is 1. The van der Waals surface area contributed by atoms with Crippen molar-refractivity contribution in [2.75, 3.05) is 18.2 Å². The third-order valence-corrected chi connectivity index (χ3v) is 4.78. The second-order valence-corrected chi connectivity index (χ2v) is 6.36. The summed E-state index contributed by atoms with van der Waals surface area (Å²) in [5.41, 5.74) is 0.390. The van der Waals surface area contributed by atoms with Gasteiger partial charge in [0.1, 0.15) is 5.82 Å². The van der Waals surface area contributed by atoms with Gasteiger partial charge in [-0.3, -0.25) is 0 Å². The maximum Gasteiger partial charge on any atom is 0.319 e. The highest BCUT2D eigenvalue weighted by atomic mass is 32.2. The summed E-state index contributed by atoms with van der Waals surface area (Å²) in [7, 11) is 0. The van der Waals surface area contributed by atoms with E-state index >= 15 is 0 Å². The molecule has 0 radical (unpaired) electrons. The number of halogens is 1. The predicted molar refractivity (Wildman–Crippen MR) is 89.1 cm³/mol. The number of carbonyl (C=O) groups is 1. The maximum atomic E-state index is 13.7. The van der Waals surface area contributed by atoms with Crippen LogP contribution in [-0.2, 0) is 0 Å². The van der Waals surface area contributed by atoms with Gasteiger partial charge in [0.2, 0.25) is 0 Å². The molecule has 0 aliphatic heterocycles. The lowest BCUT2D eigenvalue weighted by atomic mass is 10.2. The van der Waals surface area contributed by atoms with E-state index in [9.17, 15) is 9.18 Å². The molecule has 1 aromatic carbocycles. The van der Waals surface area contributed by atoms with Crippen LogP contribution in [0.25, 0.3) is 0 Å². The molecular formula is C15H17FN2O2S2. The van der Waals surface area contributed by atoms with Crippen molar-refractivity contribution in [2.24, 2.45) is 0 Å². The Bertz CT molecular complexity index is 620. The lowest BCUT2D eigenvalue weighted by Gasteiger charge is -2.17. The van der Waals surface area contributed by atoms with Crippen LogP contribution in [0.2, 0.25) is 0 Å². The summed E-state index contributed by atoms with van der Waals surface area (Å²) in [4.78, 5) is 13.5. The van der Waals surface area contributed by atoms with Gasteiger partial charge in [-0.15, -0.1) is 23.1 Å². The van der Waals surface area contributed by atoms with Crippen molar-refractivity contribution in [3.63, 3.8) is 0 Å². The van der Waals surface area contributed by atoms with E-state index in [1.165, 1.54) is 29.2 Å². The highest BCUT2D eigenvalue weighted by molar-refractivity contribution is 7.98. The zero-order valence-electron chi connectivity index (χ0n) is 12.0. The molecule has 118 valence electrons. The van der Waals surface area contributed by atoms with Gasteiger partial charge in [-0.2, -0.15) is 0 Å². The number of amides is 2. The second kappa shape index (κ2) is 8.17. The Balaban J connectivity index is 2.00. The number of thioether (sulfide) groups is 1. The van der Waals surface area contributed by atoms with Crippen molar-refractivity contribution in [1.29, 1.82) is 0 Å². The average Bonchev–Trinajstić information content (AvgIpc) is 3.01. The van der Waals surface area contributed by atoms with E-state index in [0.29, 0.717) is 17.0 Å². The van der Waals surface area contributed by atoms with Gasteiger partial charge < -0.3 is 15.7 Å². The minimum Gasteiger partial charge on any atom is -0.396 e. The van der Waals surface area contributed by atoms with Crippen molar-refractivity contribution in [2.45, 2.75) is 17.4 Å². The molecule has 4 nitrogen and oxygen atoms in total. The predicted octanol–water partition coefficient (Wildman–Crippen LogP) is 3.85. The minimum atomic E-state index is -0.428. The molecule has 22 heavy (non-hydrogen) atoms. The van der Waals surface area contributed by atoms with Crippen LogP contribution in [0.3, 0.4) is 0 Å². The minimum absolute atomic E-state index is 0.0279. The summed E-state index contributed by atoms with van der Waals surface area (Å²) in [5, 5.41) is 16.4. The summed E-state index contributed by atoms with van der Waals surface area (Å²) in [6.07, 6.45) is 2.21. The number of benzene rings is 1. The first kappa shape index (κ1) is 16.8. The Kier molecular flexibility index (Phi) is 6.23. The summed E-state index contributed by atoms with van der Waals surface area (Å²) >= 11 is 2.82. The Hall–Kier alpha value is -1.57. The van der Waals surface area contributed by atoms with Gasteiger partial charge in [-0.05, 0) is 42.3 Å². The van der Waals surface area contributed by atoms with Crippen molar-refractivity contribution >= 4 is 34.8 Å². The number of aliphatic hydroxyl groups is 1. The lowest BCUT2D eigenvalue weighted by Crippen LogP contribution is -2.32. The second-order valence-electron chi connectivity index (χ2n) is 4.53. The average molecular weight is 340 g/mol. The van der Waals surface area contributed by atoms with Crippen molar-refractivity contribution in [3.8, 4) is 0 Å².